The normalized spacial score (nSPS) is 12.0. The maximum atomic E-state index is 12.0. The average Bonchev–Trinajstić information content (AvgIpc) is 1.63. The molecule has 0 aliphatic carbocycles. The Kier molecular flexibility index (Phi) is 4.14. The first-order valence-electron chi connectivity index (χ1n) is 2.72. The molecule has 0 atom stereocenters. The fraction of sp³-hybridized carbons (Fsp3) is 1.00. The van der Waals surface area contributed by atoms with Gasteiger partial charge in [-0.3, -0.25) is 0 Å². The fourth-order valence-electron chi connectivity index (χ4n) is 0.335. The molecule has 0 unspecified atom stereocenters. The fourth-order valence-corrected chi connectivity index (χ4v) is 1.00. The van der Waals surface area contributed by atoms with Crippen LogP contribution in [-0.4, -0.2) is 24.0 Å². The van der Waals surface area contributed by atoms with Crippen LogP contribution >= 0.6 is 11.8 Å². The first kappa shape index (κ1) is 9.17. The number of hydrogen-bond donors (Lipinski definition) is 1. The number of thioether (sulfide) groups is 1. The van der Waals surface area contributed by atoms with Crippen LogP contribution in [0.2, 0.25) is 0 Å². The summed E-state index contributed by atoms with van der Waals surface area (Å²) in [5.74, 6) is -2.05. The Bertz CT molecular complexity index is 71.8. The van der Waals surface area contributed by atoms with Crippen LogP contribution in [0.4, 0.5) is 8.78 Å². The second-order valence-electron chi connectivity index (χ2n) is 1.91. The monoisotopic (exact) mass is 155 g/mol. The van der Waals surface area contributed by atoms with Crippen molar-refractivity contribution < 1.29 is 8.78 Å². The molecule has 4 heteroatoms. The zero-order chi connectivity index (χ0) is 7.33. The molecule has 0 bridgehead atoms. The Labute approximate surface area is 58.0 Å². The summed E-state index contributed by atoms with van der Waals surface area (Å²) in [4.78, 5) is 0. The number of nitrogens with two attached hydrogens (primary N) is 1. The van der Waals surface area contributed by atoms with Gasteiger partial charge in [-0.1, -0.05) is 0 Å². The molecule has 0 saturated carbocycles. The molecule has 56 valence electrons. The van der Waals surface area contributed by atoms with Crippen molar-refractivity contribution in [3.8, 4) is 0 Å². The van der Waals surface area contributed by atoms with E-state index in [0.29, 0.717) is 12.3 Å². The minimum atomic E-state index is -2.54. The van der Waals surface area contributed by atoms with Crippen LogP contribution in [-0.2, 0) is 0 Å². The van der Waals surface area contributed by atoms with E-state index in [4.69, 9.17) is 5.73 Å². The predicted molar refractivity (Wildman–Crippen MR) is 37.0 cm³/mol. The molecule has 0 radical (unpaired) electrons. The molecule has 0 aliphatic heterocycles. The molecule has 9 heavy (non-hydrogen) atoms. The lowest BCUT2D eigenvalue weighted by atomic mass is 10.5. The Morgan fingerprint density at radius 2 is 2.11 bits per heavy atom. The smallest absolute Gasteiger partial charge is 0.254 e. The van der Waals surface area contributed by atoms with E-state index in [1.165, 1.54) is 11.8 Å². The standard InChI is InChI=1S/C5H11F2NS/c1-5(6,7)4-9-3-2-8/h2-4,8H2,1H3. The molecule has 0 aliphatic rings. The van der Waals surface area contributed by atoms with Crippen LogP contribution in [0.1, 0.15) is 6.92 Å². The van der Waals surface area contributed by atoms with Crippen molar-refractivity contribution in [2.45, 2.75) is 12.8 Å². The molecule has 0 aromatic heterocycles. The van der Waals surface area contributed by atoms with Crippen LogP contribution < -0.4 is 5.73 Å². The van der Waals surface area contributed by atoms with Gasteiger partial charge in [0.1, 0.15) is 0 Å². The molecular weight excluding hydrogens is 144 g/mol. The van der Waals surface area contributed by atoms with Crippen molar-refractivity contribution in [1.29, 1.82) is 0 Å². The highest BCUT2D eigenvalue weighted by Crippen LogP contribution is 2.17. The lowest BCUT2D eigenvalue weighted by Gasteiger charge is -2.07. The van der Waals surface area contributed by atoms with Gasteiger partial charge in [-0.05, 0) is 0 Å². The van der Waals surface area contributed by atoms with Gasteiger partial charge in [-0.25, -0.2) is 8.78 Å². The highest BCUT2D eigenvalue weighted by Gasteiger charge is 2.19. The summed E-state index contributed by atoms with van der Waals surface area (Å²) in [5.41, 5.74) is 5.09. The Morgan fingerprint density at radius 1 is 1.56 bits per heavy atom. The van der Waals surface area contributed by atoms with Crippen LogP contribution in [0.5, 0.6) is 0 Å². The molecular formula is C5H11F2NS. The first-order valence-corrected chi connectivity index (χ1v) is 3.87. The molecule has 1 nitrogen and oxygen atoms in total. The van der Waals surface area contributed by atoms with Gasteiger partial charge in [0.2, 0.25) is 0 Å². The van der Waals surface area contributed by atoms with E-state index in [1.807, 2.05) is 0 Å². The number of hydrogen-bond acceptors (Lipinski definition) is 2. The summed E-state index contributed by atoms with van der Waals surface area (Å²) in [5, 5.41) is 0. The molecule has 0 fully saturated rings. The van der Waals surface area contributed by atoms with Gasteiger partial charge < -0.3 is 5.73 Å². The summed E-state index contributed by atoms with van der Waals surface area (Å²) in [6.07, 6.45) is 0. The molecule has 0 aromatic rings. The zero-order valence-electron chi connectivity index (χ0n) is 5.36. The molecule has 0 heterocycles. The van der Waals surface area contributed by atoms with Gasteiger partial charge in [0.05, 0.1) is 5.75 Å². The second-order valence-corrected chi connectivity index (χ2v) is 3.02. The third-order valence-corrected chi connectivity index (χ3v) is 1.85. The quantitative estimate of drug-likeness (QED) is 0.620. The molecule has 0 rings (SSSR count). The molecule has 0 spiro atoms. The zero-order valence-corrected chi connectivity index (χ0v) is 6.18. The van der Waals surface area contributed by atoms with Crippen LogP contribution in [0, 0.1) is 0 Å². The van der Waals surface area contributed by atoms with E-state index >= 15 is 0 Å². The lowest BCUT2D eigenvalue weighted by Crippen LogP contribution is -2.14. The minimum Gasteiger partial charge on any atom is -0.330 e. The van der Waals surface area contributed by atoms with Crippen molar-refractivity contribution in [3.63, 3.8) is 0 Å². The van der Waals surface area contributed by atoms with E-state index in [9.17, 15) is 8.78 Å². The van der Waals surface area contributed by atoms with Crippen LogP contribution in [0.15, 0.2) is 0 Å². The SMILES string of the molecule is CC(F)(F)CSCCN. The Morgan fingerprint density at radius 3 is 2.44 bits per heavy atom. The average molecular weight is 155 g/mol. The highest BCUT2D eigenvalue weighted by atomic mass is 32.2. The summed E-state index contributed by atoms with van der Waals surface area (Å²) in [6, 6.07) is 0. The van der Waals surface area contributed by atoms with Crippen molar-refractivity contribution in [1.82, 2.24) is 0 Å². The largest absolute Gasteiger partial charge is 0.330 e. The van der Waals surface area contributed by atoms with Crippen molar-refractivity contribution >= 4 is 11.8 Å². The second kappa shape index (κ2) is 4.06. The molecule has 0 amide bonds. The Balaban J connectivity index is 3.07. The van der Waals surface area contributed by atoms with E-state index in [2.05, 4.69) is 0 Å². The lowest BCUT2D eigenvalue weighted by molar-refractivity contribution is 0.0493. The first-order chi connectivity index (χ1) is 4.06. The number of alkyl halides is 2. The van der Waals surface area contributed by atoms with Gasteiger partial charge in [0.15, 0.2) is 0 Å². The van der Waals surface area contributed by atoms with Gasteiger partial charge in [0.25, 0.3) is 5.92 Å². The third-order valence-electron chi connectivity index (χ3n) is 0.618. The number of rotatable bonds is 4. The molecule has 2 N–H and O–H groups in total. The maximum absolute atomic E-state index is 12.0. The van der Waals surface area contributed by atoms with E-state index in [0.717, 1.165) is 6.92 Å². The van der Waals surface area contributed by atoms with Gasteiger partial charge in [0, 0.05) is 19.2 Å². The van der Waals surface area contributed by atoms with Crippen molar-refractivity contribution in [3.05, 3.63) is 0 Å². The maximum Gasteiger partial charge on any atom is 0.254 e. The summed E-state index contributed by atoms with van der Waals surface area (Å²) in [6.45, 7) is 1.39. The van der Waals surface area contributed by atoms with Crippen LogP contribution in [0.25, 0.3) is 0 Å². The summed E-state index contributed by atoms with van der Waals surface area (Å²) < 4.78 is 24.0. The van der Waals surface area contributed by atoms with E-state index in [-0.39, 0.29) is 5.75 Å². The molecule has 0 aromatic carbocycles. The topological polar surface area (TPSA) is 26.0 Å². The van der Waals surface area contributed by atoms with Gasteiger partial charge in [-0.2, -0.15) is 11.8 Å². The third kappa shape index (κ3) is 8.17. The van der Waals surface area contributed by atoms with Crippen molar-refractivity contribution in [2.24, 2.45) is 5.73 Å². The van der Waals surface area contributed by atoms with Crippen LogP contribution in [0.3, 0.4) is 0 Å². The Hall–Kier alpha value is 0.170. The van der Waals surface area contributed by atoms with E-state index in [1.54, 1.807) is 0 Å². The minimum absolute atomic E-state index is 0.121. The van der Waals surface area contributed by atoms with Gasteiger partial charge >= 0.3 is 0 Å². The van der Waals surface area contributed by atoms with E-state index < -0.39 is 5.92 Å². The number of halogens is 2. The highest BCUT2D eigenvalue weighted by molar-refractivity contribution is 7.99. The predicted octanol–water partition coefficient (Wildman–Crippen LogP) is 1.33. The van der Waals surface area contributed by atoms with Crippen molar-refractivity contribution in [2.75, 3.05) is 18.1 Å². The summed E-state index contributed by atoms with van der Waals surface area (Å²) in [7, 11) is 0. The van der Waals surface area contributed by atoms with Gasteiger partial charge in [-0.15, -0.1) is 0 Å². The molecule has 0 saturated heterocycles. The summed E-state index contributed by atoms with van der Waals surface area (Å²) >= 11 is 1.19.